The number of imidazole rings is 1. The Bertz CT molecular complexity index is 392. The van der Waals surface area contributed by atoms with E-state index >= 15 is 0 Å². The van der Waals surface area contributed by atoms with E-state index in [4.69, 9.17) is 5.73 Å². The molecule has 2 aromatic heterocycles. The molecule has 2 aromatic rings. The van der Waals surface area contributed by atoms with Crippen molar-refractivity contribution in [2.75, 3.05) is 5.73 Å². The van der Waals surface area contributed by atoms with Gasteiger partial charge in [0, 0.05) is 7.05 Å². The van der Waals surface area contributed by atoms with Crippen molar-refractivity contribution in [3.8, 4) is 0 Å². The van der Waals surface area contributed by atoms with Gasteiger partial charge in [-0.25, -0.2) is 15.0 Å². The highest BCUT2D eigenvalue weighted by molar-refractivity contribution is 5.80. The molecule has 0 spiro atoms. The zero-order valence-electron chi connectivity index (χ0n) is 6.02. The van der Waals surface area contributed by atoms with Gasteiger partial charge in [0.25, 0.3) is 0 Å². The third kappa shape index (κ3) is 0.990. The van der Waals surface area contributed by atoms with E-state index in [2.05, 4.69) is 15.0 Å². The molecule has 0 aliphatic carbocycles. The topological polar surface area (TPSA) is 69.6 Å². The van der Waals surface area contributed by atoms with Crippen LogP contribution in [0.15, 0.2) is 12.7 Å². The number of aryl methyl sites for hydroxylation is 1. The van der Waals surface area contributed by atoms with Crippen LogP contribution in [0.3, 0.4) is 0 Å². The summed E-state index contributed by atoms with van der Waals surface area (Å²) in [6.07, 6.45) is 3.09. The summed E-state index contributed by atoms with van der Waals surface area (Å²) in [6.45, 7) is 0. The molecule has 0 fully saturated rings. The van der Waals surface area contributed by atoms with Crippen LogP contribution in [-0.4, -0.2) is 19.5 Å². The fourth-order valence-electron chi connectivity index (χ4n) is 0.964. The monoisotopic (exact) mass is 165 g/mol. The highest BCUT2D eigenvalue weighted by atomic mass is 15.1. The van der Waals surface area contributed by atoms with Gasteiger partial charge in [-0.05, 0) is 0 Å². The van der Waals surface area contributed by atoms with Crippen molar-refractivity contribution < 1.29 is 0 Å². The Morgan fingerprint density at radius 3 is 2.75 bits per heavy atom. The van der Waals surface area contributed by atoms with Gasteiger partial charge in [-0.15, -0.1) is 0 Å². The van der Waals surface area contributed by atoms with E-state index in [-0.39, 0.29) is 7.43 Å². The Kier molecular flexibility index (Phi) is 1.95. The molecule has 0 aromatic carbocycles. The summed E-state index contributed by atoms with van der Waals surface area (Å²) in [5, 5.41) is 0. The van der Waals surface area contributed by atoms with E-state index in [0.717, 1.165) is 5.65 Å². The molecule has 0 saturated carbocycles. The van der Waals surface area contributed by atoms with Gasteiger partial charge in [0.05, 0.1) is 6.33 Å². The smallest absolute Gasteiger partial charge is 0.165 e. The van der Waals surface area contributed by atoms with Gasteiger partial charge in [-0.3, -0.25) is 0 Å². The van der Waals surface area contributed by atoms with Gasteiger partial charge in [-0.2, -0.15) is 0 Å². The molecule has 0 bridgehead atoms. The fourth-order valence-corrected chi connectivity index (χ4v) is 0.964. The number of nitrogens with two attached hydrogens (primary N) is 1. The first-order chi connectivity index (χ1) is 5.29. The van der Waals surface area contributed by atoms with Crippen LogP contribution in [0.1, 0.15) is 7.43 Å². The predicted molar refractivity (Wildman–Crippen MR) is 47.4 cm³/mol. The lowest BCUT2D eigenvalue weighted by Crippen LogP contribution is -1.94. The molecule has 0 atom stereocenters. The number of nitrogens with zero attached hydrogens (tertiary/aromatic N) is 4. The Morgan fingerprint density at radius 2 is 2.08 bits per heavy atom. The van der Waals surface area contributed by atoms with Crippen molar-refractivity contribution in [1.29, 1.82) is 0 Å². The standard InChI is InChI=1S/C6H7N5.CH4/c1-11-3-10-4-5(7)8-2-9-6(4)11;/h2-3H,1H3,(H2,7,8,9);1H4. The Hall–Kier alpha value is -1.65. The molecule has 12 heavy (non-hydrogen) atoms. The first kappa shape index (κ1) is 8.45. The second-order valence-corrected chi connectivity index (χ2v) is 2.29. The SMILES string of the molecule is C.Cn1cnc2c(N)ncnc21. The first-order valence-corrected chi connectivity index (χ1v) is 3.16. The van der Waals surface area contributed by atoms with Crippen molar-refractivity contribution >= 4 is 17.0 Å². The van der Waals surface area contributed by atoms with Crippen molar-refractivity contribution in [3.63, 3.8) is 0 Å². The van der Waals surface area contributed by atoms with Crippen LogP contribution in [0.2, 0.25) is 0 Å². The average Bonchev–Trinajstić information content (AvgIpc) is 2.35. The van der Waals surface area contributed by atoms with Crippen LogP contribution >= 0.6 is 0 Å². The van der Waals surface area contributed by atoms with E-state index < -0.39 is 0 Å². The van der Waals surface area contributed by atoms with E-state index in [1.165, 1.54) is 6.33 Å². The molecule has 0 aliphatic rings. The molecular formula is C7H11N5. The fraction of sp³-hybridized carbons (Fsp3) is 0.286. The Balaban J connectivity index is 0.000000720. The lowest BCUT2D eigenvalue weighted by molar-refractivity contribution is 0.928. The molecule has 64 valence electrons. The number of anilines is 1. The van der Waals surface area contributed by atoms with Crippen LogP contribution < -0.4 is 5.73 Å². The highest BCUT2D eigenvalue weighted by Crippen LogP contribution is 2.11. The molecular weight excluding hydrogens is 154 g/mol. The van der Waals surface area contributed by atoms with Gasteiger partial charge in [0.2, 0.25) is 0 Å². The van der Waals surface area contributed by atoms with Crippen molar-refractivity contribution in [2.24, 2.45) is 7.05 Å². The Labute approximate surface area is 70.3 Å². The predicted octanol–water partition coefficient (Wildman–Crippen LogP) is 0.582. The van der Waals surface area contributed by atoms with Gasteiger partial charge in [0.1, 0.15) is 11.8 Å². The summed E-state index contributed by atoms with van der Waals surface area (Å²) in [5.41, 5.74) is 6.97. The molecule has 0 aliphatic heterocycles. The molecule has 5 nitrogen and oxygen atoms in total. The molecule has 5 heteroatoms. The second-order valence-electron chi connectivity index (χ2n) is 2.29. The van der Waals surface area contributed by atoms with E-state index in [1.54, 1.807) is 10.9 Å². The molecule has 0 amide bonds. The average molecular weight is 165 g/mol. The second kappa shape index (κ2) is 2.77. The zero-order valence-corrected chi connectivity index (χ0v) is 6.02. The quantitative estimate of drug-likeness (QED) is 0.620. The maximum Gasteiger partial charge on any atom is 0.165 e. The summed E-state index contributed by atoms with van der Waals surface area (Å²) in [5.74, 6) is 0.426. The summed E-state index contributed by atoms with van der Waals surface area (Å²) >= 11 is 0. The molecule has 2 rings (SSSR count). The van der Waals surface area contributed by atoms with E-state index in [9.17, 15) is 0 Å². The van der Waals surface area contributed by atoms with Crippen molar-refractivity contribution in [3.05, 3.63) is 12.7 Å². The minimum Gasteiger partial charge on any atom is -0.382 e. The maximum absolute atomic E-state index is 5.54. The van der Waals surface area contributed by atoms with Gasteiger partial charge in [-0.1, -0.05) is 7.43 Å². The van der Waals surface area contributed by atoms with Crippen molar-refractivity contribution in [2.45, 2.75) is 7.43 Å². The number of nitrogen functional groups attached to an aromatic ring is 1. The molecule has 0 radical (unpaired) electrons. The number of rotatable bonds is 0. The molecule has 0 unspecified atom stereocenters. The number of aromatic nitrogens is 4. The van der Waals surface area contributed by atoms with Crippen LogP contribution in [0.25, 0.3) is 11.2 Å². The van der Waals surface area contributed by atoms with Gasteiger partial charge >= 0.3 is 0 Å². The van der Waals surface area contributed by atoms with Gasteiger partial charge < -0.3 is 10.3 Å². The van der Waals surface area contributed by atoms with Crippen LogP contribution in [0, 0.1) is 0 Å². The summed E-state index contributed by atoms with van der Waals surface area (Å²) in [6, 6.07) is 0. The highest BCUT2D eigenvalue weighted by Gasteiger charge is 2.03. The minimum absolute atomic E-state index is 0. The lowest BCUT2D eigenvalue weighted by Gasteiger charge is -1.92. The van der Waals surface area contributed by atoms with Crippen LogP contribution in [0.4, 0.5) is 5.82 Å². The number of hydrogen-bond acceptors (Lipinski definition) is 4. The molecule has 0 saturated heterocycles. The normalized spacial score (nSPS) is 9.75. The van der Waals surface area contributed by atoms with Crippen LogP contribution in [0.5, 0.6) is 0 Å². The largest absolute Gasteiger partial charge is 0.382 e. The summed E-state index contributed by atoms with van der Waals surface area (Å²) in [4.78, 5) is 11.9. The lowest BCUT2D eigenvalue weighted by atomic mass is 10.5. The van der Waals surface area contributed by atoms with E-state index in [0.29, 0.717) is 11.3 Å². The van der Waals surface area contributed by atoms with Crippen molar-refractivity contribution in [1.82, 2.24) is 19.5 Å². The maximum atomic E-state index is 5.54. The number of fused-ring (bicyclic) bond motifs is 1. The summed E-state index contributed by atoms with van der Waals surface area (Å²) in [7, 11) is 1.86. The minimum atomic E-state index is 0. The third-order valence-corrected chi connectivity index (χ3v) is 1.53. The number of hydrogen-bond donors (Lipinski definition) is 1. The first-order valence-electron chi connectivity index (χ1n) is 3.16. The zero-order chi connectivity index (χ0) is 7.84. The van der Waals surface area contributed by atoms with Gasteiger partial charge in [0.15, 0.2) is 11.5 Å². The molecule has 2 heterocycles. The summed E-state index contributed by atoms with van der Waals surface area (Å²) < 4.78 is 1.80. The van der Waals surface area contributed by atoms with Crippen LogP contribution in [-0.2, 0) is 7.05 Å². The molecule has 2 N–H and O–H groups in total. The van der Waals surface area contributed by atoms with E-state index in [1.807, 2.05) is 7.05 Å². The third-order valence-electron chi connectivity index (χ3n) is 1.53. The Morgan fingerprint density at radius 1 is 1.33 bits per heavy atom.